The number of carbonyl (C=O) groups is 1. The molecular formula is C21H25NO4. The van der Waals surface area contributed by atoms with Gasteiger partial charge < -0.3 is 19.5 Å². The lowest BCUT2D eigenvalue weighted by Gasteiger charge is -2.22. The van der Waals surface area contributed by atoms with Gasteiger partial charge in [-0.05, 0) is 55.2 Å². The molecule has 0 spiro atoms. The molecule has 0 bridgehead atoms. The van der Waals surface area contributed by atoms with Crippen molar-refractivity contribution in [3.05, 3.63) is 48.0 Å². The average molecular weight is 355 g/mol. The highest BCUT2D eigenvalue weighted by molar-refractivity contribution is 5.95. The summed E-state index contributed by atoms with van der Waals surface area (Å²) >= 11 is 0. The first-order chi connectivity index (χ1) is 12.7. The van der Waals surface area contributed by atoms with Crippen LogP contribution in [0.25, 0.3) is 11.1 Å². The number of carbonyl (C=O) groups excluding carboxylic acids is 1. The third-order valence-corrected chi connectivity index (χ3v) is 4.61. The predicted molar refractivity (Wildman–Crippen MR) is 101 cm³/mol. The van der Waals surface area contributed by atoms with Crippen LogP contribution in [0.3, 0.4) is 0 Å². The smallest absolute Gasteiger partial charge is 0.251 e. The lowest BCUT2D eigenvalue weighted by atomic mass is 10.0. The summed E-state index contributed by atoms with van der Waals surface area (Å²) in [7, 11) is 3.26. The first-order valence-corrected chi connectivity index (χ1v) is 8.93. The van der Waals surface area contributed by atoms with Crippen LogP contribution in [-0.4, -0.2) is 39.4 Å². The number of rotatable bonds is 6. The normalized spacial score (nSPS) is 16.8. The van der Waals surface area contributed by atoms with Gasteiger partial charge in [-0.2, -0.15) is 0 Å². The van der Waals surface area contributed by atoms with Crippen LogP contribution in [0.2, 0.25) is 0 Å². The molecule has 5 heteroatoms. The molecule has 0 radical (unpaired) electrons. The Morgan fingerprint density at radius 2 is 2.04 bits per heavy atom. The summed E-state index contributed by atoms with van der Waals surface area (Å²) in [5.74, 6) is 1.38. The van der Waals surface area contributed by atoms with Gasteiger partial charge in [0.15, 0.2) is 0 Å². The van der Waals surface area contributed by atoms with Crippen LogP contribution in [0.15, 0.2) is 42.5 Å². The van der Waals surface area contributed by atoms with Gasteiger partial charge in [0.05, 0.1) is 20.3 Å². The number of hydrogen-bond acceptors (Lipinski definition) is 4. The SMILES string of the molecule is COc1ccc(OC)c(-c2cccc(C(=O)NC[C@@H]3CCCCO3)c2)c1. The average Bonchev–Trinajstić information content (AvgIpc) is 2.72. The summed E-state index contributed by atoms with van der Waals surface area (Å²) in [5, 5.41) is 2.98. The topological polar surface area (TPSA) is 56.8 Å². The van der Waals surface area contributed by atoms with Crippen LogP contribution in [0.5, 0.6) is 11.5 Å². The minimum atomic E-state index is -0.0945. The second-order valence-electron chi connectivity index (χ2n) is 6.35. The molecule has 26 heavy (non-hydrogen) atoms. The van der Waals surface area contributed by atoms with E-state index in [0.29, 0.717) is 12.1 Å². The molecule has 1 aliphatic rings. The standard InChI is InChI=1S/C21H25NO4/c1-24-17-9-10-20(25-2)19(13-17)15-6-5-7-16(12-15)21(23)22-14-18-8-3-4-11-26-18/h5-7,9-10,12-13,18H,3-4,8,11,14H2,1-2H3,(H,22,23)/t18-/m0/s1. The predicted octanol–water partition coefficient (Wildman–Crippen LogP) is 3.67. The molecule has 2 aromatic carbocycles. The largest absolute Gasteiger partial charge is 0.497 e. The Balaban J connectivity index is 1.76. The molecule has 1 fully saturated rings. The lowest BCUT2D eigenvalue weighted by molar-refractivity contribution is 0.0169. The third-order valence-electron chi connectivity index (χ3n) is 4.61. The molecule has 5 nitrogen and oxygen atoms in total. The summed E-state index contributed by atoms with van der Waals surface area (Å²) in [6.07, 6.45) is 3.39. The van der Waals surface area contributed by atoms with E-state index in [4.69, 9.17) is 14.2 Å². The highest BCUT2D eigenvalue weighted by atomic mass is 16.5. The fraction of sp³-hybridized carbons (Fsp3) is 0.381. The molecule has 1 heterocycles. The third kappa shape index (κ3) is 4.35. The molecule has 1 atom stereocenters. The van der Waals surface area contributed by atoms with Crippen molar-refractivity contribution in [3.63, 3.8) is 0 Å². The fourth-order valence-electron chi connectivity index (χ4n) is 3.14. The minimum Gasteiger partial charge on any atom is -0.497 e. The first-order valence-electron chi connectivity index (χ1n) is 8.93. The van der Waals surface area contributed by atoms with Crippen LogP contribution in [-0.2, 0) is 4.74 Å². The summed E-state index contributed by atoms with van der Waals surface area (Å²) in [6.45, 7) is 1.33. The van der Waals surface area contributed by atoms with Gasteiger partial charge in [0.1, 0.15) is 11.5 Å². The summed E-state index contributed by atoms with van der Waals surface area (Å²) < 4.78 is 16.4. The number of hydrogen-bond donors (Lipinski definition) is 1. The molecule has 1 aliphatic heterocycles. The van der Waals surface area contributed by atoms with Crippen LogP contribution in [0.4, 0.5) is 0 Å². The monoisotopic (exact) mass is 355 g/mol. The zero-order valence-corrected chi connectivity index (χ0v) is 15.3. The molecule has 3 rings (SSSR count). The zero-order valence-electron chi connectivity index (χ0n) is 15.3. The molecule has 0 saturated carbocycles. The van der Waals surface area contributed by atoms with Crippen LogP contribution < -0.4 is 14.8 Å². The first kappa shape index (κ1) is 18.3. The molecule has 138 valence electrons. The number of amides is 1. The molecule has 1 amide bonds. The minimum absolute atomic E-state index is 0.0945. The van der Waals surface area contributed by atoms with E-state index >= 15 is 0 Å². The molecule has 0 unspecified atom stereocenters. The van der Waals surface area contributed by atoms with Crippen LogP contribution >= 0.6 is 0 Å². The van der Waals surface area contributed by atoms with Gasteiger partial charge in [0, 0.05) is 24.3 Å². The van der Waals surface area contributed by atoms with Crippen molar-refractivity contribution in [2.24, 2.45) is 0 Å². The highest BCUT2D eigenvalue weighted by Crippen LogP contribution is 2.33. The van der Waals surface area contributed by atoms with Crippen LogP contribution in [0.1, 0.15) is 29.6 Å². The molecule has 0 aromatic heterocycles. The Morgan fingerprint density at radius 1 is 1.15 bits per heavy atom. The summed E-state index contributed by atoms with van der Waals surface area (Å²) in [4.78, 5) is 12.5. The Morgan fingerprint density at radius 3 is 2.77 bits per heavy atom. The molecule has 2 aromatic rings. The Bertz CT molecular complexity index is 753. The van der Waals surface area contributed by atoms with Crippen molar-refractivity contribution >= 4 is 5.91 Å². The fourth-order valence-corrected chi connectivity index (χ4v) is 3.14. The Labute approximate surface area is 154 Å². The number of benzene rings is 2. The van der Waals surface area contributed by atoms with Gasteiger partial charge in [-0.1, -0.05) is 12.1 Å². The van der Waals surface area contributed by atoms with Crippen molar-refractivity contribution < 1.29 is 19.0 Å². The Hall–Kier alpha value is -2.53. The van der Waals surface area contributed by atoms with E-state index in [9.17, 15) is 4.79 Å². The maximum Gasteiger partial charge on any atom is 0.251 e. The quantitative estimate of drug-likeness (QED) is 0.859. The van der Waals surface area contributed by atoms with Crippen molar-refractivity contribution in [1.82, 2.24) is 5.32 Å². The van der Waals surface area contributed by atoms with E-state index in [2.05, 4.69) is 5.32 Å². The Kier molecular flexibility index (Phi) is 6.12. The van der Waals surface area contributed by atoms with Crippen LogP contribution in [0, 0.1) is 0 Å². The lowest BCUT2D eigenvalue weighted by Crippen LogP contribution is -2.35. The van der Waals surface area contributed by atoms with Gasteiger partial charge in [-0.3, -0.25) is 4.79 Å². The maximum atomic E-state index is 12.5. The second kappa shape index (κ2) is 8.72. The number of ether oxygens (including phenoxy) is 3. The number of methoxy groups -OCH3 is 2. The molecule has 1 saturated heterocycles. The molecular weight excluding hydrogens is 330 g/mol. The highest BCUT2D eigenvalue weighted by Gasteiger charge is 2.16. The van der Waals surface area contributed by atoms with Gasteiger partial charge in [-0.15, -0.1) is 0 Å². The van der Waals surface area contributed by atoms with E-state index in [-0.39, 0.29) is 12.0 Å². The van der Waals surface area contributed by atoms with E-state index < -0.39 is 0 Å². The van der Waals surface area contributed by atoms with E-state index in [0.717, 1.165) is 48.5 Å². The van der Waals surface area contributed by atoms with E-state index in [1.165, 1.54) is 0 Å². The summed E-state index contributed by atoms with van der Waals surface area (Å²) in [5.41, 5.74) is 2.41. The maximum absolute atomic E-state index is 12.5. The van der Waals surface area contributed by atoms with E-state index in [1.54, 1.807) is 14.2 Å². The van der Waals surface area contributed by atoms with Gasteiger partial charge >= 0.3 is 0 Å². The summed E-state index contributed by atoms with van der Waals surface area (Å²) in [6, 6.07) is 13.1. The zero-order chi connectivity index (χ0) is 18.4. The van der Waals surface area contributed by atoms with Gasteiger partial charge in [0.2, 0.25) is 0 Å². The van der Waals surface area contributed by atoms with Gasteiger partial charge in [-0.25, -0.2) is 0 Å². The van der Waals surface area contributed by atoms with Gasteiger partial charge in [0.25, 0.3) is 5.91 Å². The van der Waals surface area contributed by atoms with Crippen molar-refractivity contribution in [3.8, 4) is 22.6 Å². The van der Waals surface area contributed by atoms with E-state index in [1.807, 2.05) is 42.5 Å². The van der Waals surface area contributed by atoms with Crippen molar-refractivity contribution in [1.29, 1.82) is 0 Å². The van der Waals surface area contributed by atoms with Crippen molar-refractivity contribution in [2.45, 2.75) is 25.4 Å². The molecule has 0 aliphatic carbocycles. The van der Waals surface area contributed by atoms with Crippen molar-refractivity contribution in [2.75, 3.05) is 27.4 Å². The number of nitrogens with one attached hydrogen (secondary N) is 1. The molecule has 1 N–H and O–H groups in total. The second-order valence-corrected chi connectivity index (χ2v) is 6.35.